The summed E-state index contributed by atoms with van der Waals surface area (Å²) in [5, 5.41) is 0. The van der Waals surface area contributed by atoms with Gasteiger partial charge in [-0.1, -0.05) is 0 Å². The Kier molecular flexibility index (Phi) is 5.99. The fourth-order valence-corrected chi connectivity index (χ4v) is 0. The summed E-state index contributed by atoms with van der Waals surface area (Å²) in [6, 6.07) is 0. The molecule has 0 aliphatic heterocycles. The molecule has 0 fully saturated rings. The molecule has 2 N–H and O–H groups in total. The van der Waals surface area contributed by atoms with Crippen LogP contribution < -0.4 is 0 Å². The predicted molar refractivity (Wildman–Crippen MR) is 19.9 cm³/mol. The molecule has 0 spiro atoms. The van der Waals surface area contributed by atoms with Crippen LogP contribution >= 0.6 is 0 Å². The zero-order valence-corrected chi connectivity index (χ0v) is 8.08. The van der Waals surface area contributed by atoms with Gasteiger partial charge in [0.25, 0.3) is 0 Å². The molecule has 0 aliphatic rings. The second kappa shape index (κ2) is 3.44. The van der Waals surface area contributed by atoms with Crippen LogP contribution in [0.3, 0.4) is 0 Å². The summed E-state index contributed by atoms with van der Waals surface area (Å²) in [6.45, 7) is 0. The minimum Gasteiger partial charge on any atom is -0.264 e. The molecule has 0 aromatic carbocycles. The second-order valence-corrected chi connectivity index (χ2v) is 1.34. The van der Waals surface area contributed by atoms with Gasteiger partial charge in [0.15, 0.2) is 0 Å². The first kappa shape index (κ1) is 10.4. The van der Waals surface area contributed by atoms with Crippen molar-refractivity contribution in [2.75, 3.05) is 0 Å². The summed E-state index contributed by atoms with van der Waals surface area (Å²) in [4.78, 5) is 0. The second-order valence-electron chi connectivity index (χ2n) is 0.448. The van der Waals surface area contributed by atoms with Crippen molar-refractivity contribution < 1.29 is 17.5 Å². The Morgan fingerprint density at radius 2 is 1.17 bits per heavy atom. The molecule has 6 heavy (non-hydrogen) atoms. The first-order valence-corrected chi connectivity index (χ1v) is 2.10. The van der Waals surface area contributed by atoms with Crippen LogP contribution in [0.25, 0.3) is 0 Å². The third-order valence-electron chi connectivity index (χ3n) is 0. The molecule has 0 unspecified atom stereocenters. The molecule has 34 valence electrons. The SMILES string of the molecule is O=S(=O)(O)O.[Ba]. The number of hydrogen-bond acceptors (Lipinski definition) is 2. The standard InChI is InChI=1S/Ba.H2O4S/c;1-5(2,3)4/h;(H2,1,2,3,4). The van der Waals surface area contributed by atoms with E-state index in [0.29, 0.717) is 0 Å². The third kappa shape index (κ3) is 51.7. The predicted octanol–water partition coefficient (Wildman–Crippen LogP) is -1.03. The van der Waals surface area contributed by atoms with Gasteiger partial charge in [-0.2, -0.15) is 8.42 Å². The molecule has 0 aromatic rings. The molecule has 0 aromatic heterocycles. The summed E-state index contributed by atoms with van der Waals surface area (Å²) in [7, 11) is -4.67. The van der Waals surface area contributed by atoms with E-state index in [0.717, 1.165) is 0 Å². The van der Waals surface area contributed by atoms with Crippen molar-refractivity contribution in [1.29, 1.82) is 0 Å². The van der Waals surface area contributed by atoms with Gasteiger partial charge in [0, 0.05) is 48.9 Å². The van der Waals surface area contributed by atoms with Crippen molar-refractivity contribution in [3.05, 3.63) is 0 Å². The van der Waals surface area contributed by atoms with Crippen molar-refractivity contribution >= 4 is 59.3 Å². The van der Waals surface area contributed by atoms with Gasteiger partial charge in [0.05, 0.1) is 0 Å². The van der Waals surface area contributed by atoms with Crippen molar-refractivity contribution in [2.24, 2.45) is 0 Å². The monoisotopic (exact) mass is 236 g/mol. The molecule has 2 radical (unpaired) electrons. The molecule has 6 heteroatoms. The largest absolute Gasteiger partial charge is 0.394 e. The zero-order valence-electron chi connectivity index (χ0n) is 2.83. The fraction of sp³-hybridized carbons (Fsp3) is 0. The molecule has 0 aliphatic carbocycles. The van der Waals surface area contributed by atoms with Crippen molar-refractivity contribution in [3.63, 3.8) is 0 Å². The Balaban J connectivity index is 0. The van der Waals surface area contributed by atoms with E-state index in [-0.39, 0.29) is 48.9 Å². The van der Waals surface area contributed by atoms with Gasteiger partial charge in [-0.3, -0.25) is 9.11 Å². The Labute approximate surface area is 75.6 Å². The van der Waals surface area contributed by atoms with E-state index in [1.165, 1.54) is 0 Å². The summed E-state index contributed by atoms with van der Waals surface area (Å²) in [5.74, 6) is 0. The maximum atomic E-state index is 8.74. The maximum Gasteiger partial charge on any atom is 0.394 e. The van der Waals surface area contributed by atoms with Crippen LogP contribution in [0.4, 0.5) is 0 Å². The van der Waals surface area contributed by atoms with Crippen LogP contribution in [0, 0.1) is 0 Å². The molecule has 0 bridgehead atoms. The van der Waals surface area contributed by atoms with Crippen LogP contribution in [-0.4, -0.2) is 66.4 Å². The topological polar surface area (TPSA) is 74.6 Å². The average Bonchev–Trinajstić information content (AvgIpc) is 0.722. The quantitative estimate of drug-likeness (QED) is 0.416. The molecule has 0 atom stereocenters. The number of rotatable bonds is 0. The molecule has 0 amide bonds. The van der Waals surface area contributed by atoms with Crippen LogP contribution in [0.1, 0.15) is 0 Å². The van der Waals surface area contributed by atoms with Crippen molar-refractivity contribution in [1.82, 2.24) is 0 Å². The molecular weight excluding hydrogens is 233 g/mol. The Bertz CT molecular complexity index is 90.7. The summed E-state index contributed by atoms with van der Waals surface area (Å²) < 4.78 is 31.6. The van der Waals surface area contributed by atoms with Crippen molar-refractivity contribution in [3.8, 4) is 0 Å². The summed E-state index contributed by atoms with van der Waals surface area (Å²) >= 11 is 0. The first-order valence-electron chi connectivity index (χ1n) is 0.698. The van der Waals surface area contributed by atoms with Gasteiger partial charge >= 0.3 is 10.4 Å². The van der Waals surface area contributed by atoms with Crippen LogP contribution in [-0.2, 0) is 10.4 Å². The molecule has 4 nitrogen and oxygen atoms in total. The molecule has 0 saturated carbocycles. The van der Waals surface area contributed by atoms with Crippen LogP contribution in [0.5, 0.6) is 0 Å². The number of hydrogen-bond donors (Lipinski definition) is 2. The normalized spacial score (nSPS) is 9.67. The van der Waals surface area contributed by atoms with Crippen molar-refractivity contribution in [2.45, 2.75) is 0 Å². The van der Waals surface area contributed by atoms with E-state index in [2.05, 4.69) is 0 Å². The summed E-state index contributed by atoms with van der Waals surface area (Å²) in [5.41, 5.74) is 0. The van der Waals surface area contributed by atoms with Gasteiger partial charge < -0.3 is 0 Å². The van der Waals surface area contributed by atoms with Gasteiger partial charge in [-0.05, 0) is 0 Å². The summed E-state index contributed by atoms with van der Waals surface area (Å²) in [6.07, 6.45) is 0. The maximum absolute atomic E-state index is 8.74. The van der Waals surface area contributed by atoms with E-state index < -0.39 is 10.4 Å². The molecule has 0 rings (SSSR count). The Hall–Kier alpha value is 1.44. The van der Waals surface area contributed by atoms with Gasteiger partial charge in [0.2, 0.25) is 0 Å². The average molecular weight is 235 g/mol. The Morgan fingerprint density at radius 1 is 1.17 bits per heavy atom. The zero-order chi connectivity index (χ0) is 4.50. The van der Waals surface area contributed by atoms with E-state index in [4.69, 9.17) is 17.5 Å². The van der Waals surface area contributed by atoms with E-state index in [1.54, 1.807) is 0 Å². The smallest absolute Gasteiger partial charge is 0.264 e. The minimum atomic E-state index is -4.67. The van der Waals surface area contributed by atoms with Crippen LogP contribution in [0.2, 0.25) is 0 Å². The molecule has 0 saturated heterocycles. The van der Waals surface area contributed by atoms with Gasteiger partial charge in [0.1, 0.15) is 0 Å². The molecule has 0 heterocycles. The van der Waals surface area contributed by atoms with Gasteiger partial charge in [-0.15, -0.1) is 0 Å². The van der Waals surface area contributed by atoms with Gasteiger partial charge in [-0.25, -0.2) is 0 Å². The third-order valence-corrected chi connectivity index (χ3v) is 0. The molecular formula is H2BaO4S. The fourth-order valence-electron chi connectivity index (χ4n) is 0. The van der Waals surface area contributed by atoms with E-state index in [9.17, 15) is 0 Å². The minimum absolute atomic E-state index is 0. The van der Waals surface area contributed by atoms with Crippen LogP contribution in [0.15, 0.2) is 0 Å². The van der Waals surface area contributed by atoms with E-state index >= 15 is 0 Å². The van der Waals surface area contributed by atoms with E-state index in [1.807, 2.05) is 0 Å². The first-order chi connectivity index (χ1) is 2.00. The Morgan fingerprint density at radius 3 is 1.17 bits per heavy atom.